The second-order valence-corrected chi connectivity index (χ2v) is 8.67. The molecule has 0 radical (unpaired) electrons. The summed E-state index contributed by atoms with van der Waals surface area (Å²) in [7, 11) is 0. The average Bonchev–Trinajstić information content (AvgIpc) is 2.91. The summed E-state index contributed by atoms with van der Waals surface area (Å²) < 4.78 is 32.3. The molecule has 0 spiro atoms. The molecule has 194 valence electrons. The topological polar surface area (TPSA) is 99.9 Å². The first-order valence-corrected chi connectivity index (χ1v) is 11.9. The van der Waals surface area contributed by atoms with Crippen molar-refractivity contribution in [3.63, 3.8) is 0 Å². The Kier molecular flexibility index (Phi) is 8.65. The third-order valence-corrected chi connectivity index (χ3v) is 6.05. The fraction of sp³-hybridized carbons (Fsp3) is 0.259. The number of nitrogen functional groups attached to an aromatic ring is 1. The normalized spacial score (nSPS) is 13.7. The van der Waals surface area contributed by atoms with E-state index in [2.05, 4.69) is 15.5 Å². The van der Waals surface area contributed by atoms with Crippen molar-refractivity contribution in [2.24, 2.45) is 0 Å². The maximum Gasteiger partial charge on any atom is 0.322 e. The number of ether oxygens (including phenoxy) is 1. The predicted octanol–water partition coefficient (Wildman–Crippen LogP) is 4.17. The van der Waals surface area contributed by atoms with Crippen molar-refractivity contribution in [3.8, 4) is 0 Å². The first-order valence-electron chi connectivity index (χ1n) is 11.9. The van der Waals surface area contributed by atoms with Crippen LogP contribution in [0.25, 0.3) is 0 Å². The molecular weight excluding hydrogens is 480 g/mol. The van der Waals surface area contributed by atoms with Gasteiger partial charge >= 0.3 is 6.03 Å². The molecule has 1 fully saturated rings. The highest BCUT2D eigenvalue weighted by Crippen LogP contribution is 2.19. The number of nitrogens with zero attached hydrogens (tertiary/aromatic N) is 2. The highest BCUT2D eigenvalue weighted by molar-refractivity contribution is 6.05. The van der Waals surface area contributed by atoms with Gasteiger partial charge in [-0.25, -0.2) is 13.6 Å². The van der Waals surface area contributed by atoms with Crippen molar-refractivity contribution in [1.29, 1.82) is 0 Å². The zero-order valence-corrected chi connectivity index (χ0v) is 20.3. The maximum absolute atomic E-state index is 13.6. The number of benzene rings is 3. The van der Waals surface area contributed by atoms with Gasteiger partial charge < -0.3 is 26.0 Å². The van der Waals surface area contributed by atoms with Crippen LogP contribution in [-0.4, -0.2) is 61.1 Å². The molecule has 0 atom stereocenters. The summed E-state index contributed by atoms with van der Waals surface area (Å²) in [6.45, 7) is 4.12. The van der Waals surface area contributed by atoms with Gasteiger partial charge in [-0.15, -0.1) is 0 Å². The average molecular weight is 510 g/mol. The van der Waals surface area contributed by atoms with Crippen molar-refractivity contribution in [3.05, 3.63) is 89.5 Å². The smallest absolute Gasteiger partial charge is 0.322 e. The second kappa shape index (κ2) is 12.3. The Morgan fingerprint density at radius 1 is 0.946 bits per heavy atom. The standard InChI is InChI=1S/C27H29F2N5O3/c28-22-10-9-21(17-23(22)29)31-27(36)34(12-11-33-13-15-37-16-14-33)18-19-5-7-20(8-6-19)26(35)32-25-4-2-1-3-24(25)30/h1-10,17H,11-16,18,30H2,(H,31,36)(H,32,35). The highest BCUT2D eigenvalue weighted by atomic mass is 19.2. The number of amides is 3. The number of nitrogens with two attached hydrogens (primary N) is 1. The van der Waals surface area contributed by atoms with Crippen LogP contribution in [0, 0.1) is 11.6 Å². The number of anilines is 3. The number of carbonyl (C=O) groups is 2. The van der Waals surface area contributed by atoms with Crippen molar-refractivity contribution >= 4 is 29.0 Å². The lowest BCUT2D eigenvalue weighted by atomic mass is 10.1. The molecule has 1 saturated heterocycles. The summed E-state index contributed by atoms with van der Waals surface area (Å²) in [4.78, 5) is 29.5. The van der Waals surface area contributed by atoms with E-state index in [-0.39, 0.29) is 18.1 Å². The van der Waals surface area contributed by atoms with Crippen LogP contribution in [-0.2, 0) is 11.3 Å². The first kappa shape index (κ1) is 26.1. The number of halogens is 2. The molecular formula is C27H29F2N5O3. The maximum atomic E-state index is 13.6. The number of para-hydroxylation sites is 2. The van der Waals surface area contributed by atoms with Crippen LogP contribution in [0.2, 0.25) is 0 Å². The molecule has 37 heavy (non-hydrogen) atoms. The summed E-state index contributed by atoms with van der Waals surface area (Å²) in [5.41, 5.74) is 8.30. The summed E-state index contributed by atoms with van der Waals surface area (Å²) in [6, 6.07) is 16.7. The molecule has 10 heteroatoms. The summed E-state index contributed by atoms with van der Waals surface area (Å²) in [5.74, 6) is -2.32. The summed E-state index contributed by atoms with van der Waals surface area (Å²) in [6.07, 6.45) is 0. The first-order chi connectivity index (χ1) is 17.9. The number of morpholine rings is 1. The Morgan fingerprint density at radius 3 is 2.38 bits per heavy atom. The Hall–Kier alpha value is -4.02. The molecule has 0 bridgehead atoms. The van der Waals surface area contributed by atoms with Gasteiger partial charge in [0.1, 0.15) is 0 Å². The van der Waals surface area contributed by atoms with Crippen LogP contribution in [0.5, 0.6) is 0 Å². The molecule has 3 aromatic carbocycles. The number of urea groups is 1. The largest absolute Gasteiger partial charge is 0.397 e. The van der Waals surface area contributed by atoms with Gasteiger partial charge in [-0.3, -0.25) is 9.69 Å². The van der Waals surface area contributed by atoms with E-state index in [0.717, 1.165) is 30.8 Å². The molecule has 1 aliphatic rings. The minimum absolute atomic E-state index is 0.160. The number of rotatable bonds is 8. The number of hydrogen-bond donors (Lipinski definition) is 3. The molecule has 4 N–H and O–H groups in total. The van der Waals surface area contributed by atoms with Crippen LogP contribution in [0.15, 0.2) is 66.7 Å². The Bertz CT molecular complexity index is 1230. The monoisotopic (exact) mass is 509 g/mol. The SMILES string of the molecule is Nc1ccccc1NC(=O)c1ccc(CN(CCN2CCOCC2)C(=O)Nc2ccc(F)c(F)c2)cc1. The number of nitrogens with one attached hydrogen (secondary N) is 2. The van der Waals surface area contributed by atoms with Crippen molar-refractivity contribution in [1.82, 2.24) is 9.80 Å². The quantitative estimate of drug-likeness (QED) is 0.396. The molecule has 3 aromatic rings. The Labute approximate surface area is 214 Å². The van der Waals surface area contributed by atoms with E-state index in [0.29, 0.717) is 43.2 Å². The van der Waals surface area contributed by atoms with E-state index >= 15 is 0 Å². The van der Waals surface area contributed by atoms with E-state index in [1.165, 1.54) is 6.07 Å². The molecule has 1 heterocycles. The van der Waals surface area contributed by atoms with Crippen molar-refractivity contribution in [2.45, 2.75) is 6.54 Å². The van der Waals surface area contributed by atoms with Gasteiger partial charge in [-0.1, -0.05) is 24.3 Å². The highest BCUT2D eigenvalue weighted by Gasteiger charge is 2.18. The fourth-order valence-corrected chi connectivity index (χ4v) is 3.90. The molecule has 8 nitrogen and oxygen atoms in total. The number of hydrogen-bond acceptors (Lipinski definition) is 5. The third-order valence-electron chi connectivity index (χ3n) is 6.05. The van der Waals surface area contributed by atoms with Crippen LogP contribution in [0.1, 0.15) is 15.9 Å². The van der Waals surface area contributed by atoms with Crippen LogP contribution in [0.3, 0.4) is 0 Å². The molecule has 0 saturated carbocycles. The van der Waals surface area contributed by atoms with Crippen LogP contribution >= 0.6 is 0 Å². The van der Waals surface area contributed by atoms with E-state index in [1.807, 2.05) is 0 Å². The van der Waals surface area contributed by atoms with Gasteiger partial charge in [0, 0.05) is 50.0 Å². The molecule has 3 amide bonds. The molecule has 0 aliphatic carbocycles. The van der Waals surface area contributed by atoms with Gasteiger partial charge in [-0.05, 0) is 42.0 Å². The second-order valence-electron chi connectivity index (χ2n) is 8.67. The van der Waals surface area contributed by atoms with Crippen LogP contribution < -0.4 is 16.4 Å². The molecule has 1 aliphatic heterocycles. The van der Waals surface area contributed by atoms with E-state index in [1.54, 1.807) is 53.4 Å². The van der Waals surface area contributed by atoms with Gasteiger partial charge in [0.15, 0.2) is 11.6 Å². The van der Waals surface area contributed by atoms with Gasteiger partial charge in [-0.2, -0.15) is 0 Å². The number of carbonyl (C=O) groups excluding carboxylic acids is 2. The molecule has 0 unspecified atom stereocenters. The minimum Gasteiger partial charge on any atom is -0.397 e. The van der Waals surface area contributed by atoms with E-state index in [9.17, 15) is 18.4 Å². The van der Waals surface area contributed by atoms with Crippen LogP contribution in [0.4, 0.5) is 30.6 Å². The fourth-order valence-electron chi connectivity index (χ4n) is 3.90. The zero-order chi connectivity index (χ0) is 26.2. The molecule has 4 rings (SSSR count). The van der Waals surface area contributed by atoms with Gasteiger partial charge in [0.25, 0.3) is 5.91 Å². The zero-order valence-electron chi connectivity index (χ0n) is 20.3. The van der Waals surface area contributed by atoms with Crippen molar-refractivity contribution < 1.29 is 23.1 Å². The van der Waals surface area contributed by atoms with Crippen molar-refractivity contribution in [2.75, 3.05) is 55.8 Å². The van der Waals surface area contributed by atoms with E-state index in [4.69, 9.17) is 10.5 Å². The minimum atomic E-state index is -1.04. The van der Waals surface area contributed by atoms with Gasteiger partial charge in [0.2, 0.25) is 0 Å². The lowest BCUT2D eigenvalue weighted by Gasteiger charge is -2.30. The molecule has 0 aromatic heterocycles. The Morgan fingerprint density at radius 2 is 1.68 bits per heavy atom. The summed E-state index contributed by atoms with van der Waals surface area (Å²) in [5, 5.41) is 5.43. The van der Waals surface area contributed by atoms with Gasteiger partial charge in [0.05, 0.1) is 24.6 Å². The Balaban J connectivity index is 1.43. The third kappa shape index (κ3) is 7.25. The summed E-state index contributed by atoms with van der Waals surface area (Å²) >= 11 is 0. The lowest BCUT2D eigenvalue weighted by molar-refractivity contribution is 0.0349. The van der Waals surface area contributed by atoms with E-state index < -0.39 is 17.7 Å². The lowest BCUT2D eigenvalue weighted by Crippen LogP contribution is -2.44. The predicted molar refractivity (Wildman–Crippen MR) is 138 cm³/mol.